The van der Waals surface area contributed by atoms with Gasteiger partial charge in [0.05, 0.1) is 0 Å². The lowest BCUT2D eigenvalue weighted by Gasteiger charge is -2.20. The van der Waals surface area contributed by atoms with E-state index in [4.69, 9.17) is 0 Å². The van der Waals surface area contributed by atoms with Gasteiger partial charge >= 0.3 is 0 Å². The SMILES string of the molecule is CCCCCNCCC(=O)NC(C)(C)C. The fraction of sp³-hybridized carbons (Fsp3) is 0.917. The first-order chi connectivity index (χ1) is 6.95. The molecule has 2 N–H and O–H groups in total. The van der Waals surface area contributed by atoms with E-state index in [1.54, 1.807) is 0 Å². The Balaban J connectivity index is 3.32. The molecule has 3 heteroatoms. The van der Waals surface area contributed by atoms with Gasteiger partial charge in [0.2, 0.25) is 5.91 Å². The number of unbranched alkanes of at least 4 members (excludes halogenated alkanes) is 2. The van der Waals surface area contributed by atoms with Gasteiger partial charge in [0.1, 0.15) is 0 Å². The van der Waals surface area contributed by atoms with Crippen LogP contribution < -0.4 is 10.6 Å². The zero-order valence-electron chi connectivity index (χ0n) is 10.7. The van der Waals surface area contributed by atoms with Gasteiger partial charge in [-0.05, 0) is 33.7 Å². The van der Waals surface area contributed by atoms with Crippen LogP contribution in [0.15, 0.2) is 0 Å². The molecule has 0 atom stereocenters. The van der Waals surface area contributed by atoms with Gasteiger partial charge in [-0.2, -0.15) is 0 Å². The van der Waals surface area contributed by atoms with E-state index in [2.05, 4.69) is 17.6 Å². The van der Waals surface area contributed by atoms with Crippen molar-refractivity contribution in [2.24, 2.45) is 0 Å². The first-order valence-corrected chi connectivity index (χ1v) is 5.97. The Labute approximate surface area is 94.0 Å². The molecule has 0 aromatic rings. The molecule has 0 aliphatic carbocycles. The molecule has 3 nitrogen and oxygen atoms in total. The molecular weight excluding hydrogens is 188 g/mol. The van der Waals surface area contributed by atoms with E-state index in [1.165, 1.54) is 19.3 Å². The topological polar surface area (TPSA) is 41.1 Å². The van der Waals surface area contributed by atoms with Crippen molar-refractivity contribution < 1.29 is 4.79 Å². The number of rotatable bonds is 7. The molecule has 0 fully saturated rings. The van der Waals surface area contributed by atoms with Crippen molar-refractivity contribution in [1.29, 1.82) is 0 Å². The number of hydrogen-bond acceptors (Lipinski definition) is 2. The Morgan fingerprint density at radius 2 is 1.80 bits per heavy atom. The molecule has 0 bridgehead atoms. The van der Waals surface area contributed by atoms with Crippen molar-refractivity contribution in [3.8, 4) is 0 Å². The largest absolute Gasteiger partial charge is 0.351 e. The van der Waals surface area contributed by atoms with Crippen LogP contribution in [0.25, 0.3) is 0 Å². The third kappa shape index (κ3) is 11.4. The highest BCUT2D eigenvalue weighted by molar-refractivity contribution is 5.76. The minimum Gasteiger partial charge on any atom is -0.351 e. The van der Waals surface area contributed by atoms with Crippen molar-refractivity contribution in [2.45, 2.75) is 58.9 Å². The fourth-order valence-corrected chi connectivity index (χ4v) is 1.31. The second-order valence-electron chi connectivity index (χ2n) is 5.01. The third-order valence-corrected chi connectivity index (χ3v) is 2.00. The van der Waals surface area contributed by atoms with E-state index in [1.807, 2.05) is 20.8 Å². The van der Waals surface area contributed by atoms with Crippen LogP contribution in [0.5, 0.6) is 0 Å². The summed E-state index contributed by atoms with van der Waals surface area (Å²) in [7, 11) is 0. The summed E-state index contributed by atoms with van der Waals surface area (Å²) >= 11 is 0. The summed E-state index contributed by atoms with van der Waals surface area (Å²) in [5, 5.41) is 6.22. The Morgan fingerprint density at radius 3 is 2.33 bits per heavy atom. The van der Waals surface area contributed by atoms with E-state index in [9.17, 15) is 4.79 Å². The van der Waals surface area contributed by atoms with Gasteiger partial charge in [0.15, 0.2) is 0 Å². The standard InChI is InChI=1S/C12H26N2O/c1-5-6-7-9-13-10-8-11(15)14-12(2,3)4/h13H,5-10H2,1-4H3,(H,14,15). The van der Waals surface area contributed by atoms with Crippen LogP contribution in [0.4, 0.5) is 0 Å². The number of nitrogens with one attached hydrogen (secondary N) is 2. The monoisotopic (exact) mass is 214 g/mol. The van der Waals surface area contributed by atoms with Crippen molar-refractivity contribution in [1.82, 2.24) is 10.6 Å². The highest BCUT2D eigenvalue weighted by atomic mass is 16.1. The number of carbonyl (C=O) groups excluding carboxylic acids is 1. The van der Waals surface area contributed by atoms with E-state index in [0.717, 1.165) is 13.1 Å². The van der Waals surface area contributed by atoms with Gasteiger partial charge in [-0.3, -0.25) is 4.79 Å². The second-order valence-corrected chi connectivity index (χ2v) is 5.01. The average Bonchev–Trinajstić information content (AvgIpc) is 2.08. The first kappa shape index (κ1) is 14.4. The lowest BCUT2D eigenvalue weighted by Crippen LogP contribution is -2.41. The summed E-state index contributed by atoms with van der Waals surface area (Å²) in [4.78, 5) is 11.4. The molecule has 0 rings (SSSR count). The van der Waals surface area contributed by atoms with E-state index in [-0.39, 0.29) is 11.4 Å². The molecule has 15 heavy (non-hydrogen) atoms. The molecule has 1 amide bonds. The molecule has 90 valence electrons. The molecule has 0 aromatic heterocycles. The molecular formula is C12H26N2O. The second kappa shape index (κ2) is 7.69. The predicted octanol–water partition coefficient (Wildman–Crippen LogP) is 2.07. The van der Waals surface area contributed by atoms with Gasteiger partial charge in [0, 0.05) is 18.5 Å². The summed E-state index contributed by atoms with van der Waals surface area (Å²) in [5.41, 5.74) is -0.112. The highest BCUT2D eigenvalue weighted by Crippen LogP contribution is 1.98. The Hall–Kier alpha value is -0.570. The molecule has 0 saturated heterocycles. The van der Waals surface area contributed by atoms with Crippen molar-refractivity contribution in [3.63, 3.8) is 0 Å². The summed E-state index contributed by atoms with van der Waals surface area (Å²) < 4.78 is 0. The molecule has 0 aliphatic heterocycles. The third-order valence-electron chi connectivity index (χ3n) is 2.00. The fourth-order valence-electron chi connectivity index (χ4n) is 1.31. The minimum atomic E-state index is -0.112. The van der Waals surface area contributed by atoms with Gasteiger partial charge in [-0.1, -0.05) is 19.8 Å². The number of carbonyl (C=O) groups is 1. The van der Waals surface area contributed by atoms with Crippen LogP contribution in [0.1, 0.15) is 53.4 Å². The van der Waals surface area contributed by atoms with E-state index in [0.29, 0.717) is 6.42 Å². The summed E-state index contributed by atoms with van der Waals surface area (Å²) in [5.74, 6) is 0.130. The summed E-state index contributed by atoms with van der Waals surface area (Å²) in [6, 6.07) is 0. The zero-order chi connectivity index (χ0) is 11.7. The van der Waals surface area contributed by atoms with Crippen LogP contribution in [0.3, 0.4) is 0 Å². The maximum absolute atomic E-state index is 11.4. The smallest absolute Gasteiger partial charge is 0.221 e. The summed E-state index contributed by atoms with van der Waals surface area (Å²) in [6.07, 6.45) is 4.29. The normalized spacial score (nSPS) is 11.5. The molecule has 0 saturated carbocycles. The molecule has 0 unspecified atom stereocenters. The van der Waals surface area contributed by atoms with E-state index < -0.39 is 0 Å². The van der Waals surface area contributed by atoms with Crippen molar-refractivity contribution in [2.75, 3.05) is 13.1 Å². The maximum Gasteiger partial charge on any atom is 0.221 e. The maximum atomic E-state index is 11.4. The van der Waals surface area contributed by atoms with Crippen LogP contribution in [-0.4, -0.2) is 24.5 Å². The quantitative estimate of drug-likeness (QED) is 0.637. The van der Waals surface area contributed by atoms with Gasteiger partial charge in [0.25, 0.3) is 0 Å². The Morgan fingerprint density at radius 1 is 1.13 bits per heavy atom. The van der Waals surface area contributed by atoms with Crippen LogP contribution in [0, 0.1) is 0 Å². The molecule has 0 radical (unpaired) electrons. The molecule has 0 aromatic carbocycles. The van der Waals surface area contributed by atoms with E-state index >= 15 is 0 Å². The Kier molecular flexibility index (Phi) is 7.39. The summed E-state index contributed by atoms with van der Waals surface area (Å²) in [6.45, 7) is 10.00. The Bertz CT molecular complexity index is 173. The zero-order valence-corrected chi connectivity index (χ0v) is 10.7. The van der Waals surface area contributed by atoms with Crippen LogP contribution >= 0.6 is 0 Å². The first-order valence-electron chi connectivity index (χ1n) is 5.97. The molecule has 0 spiro atoms. The lowest BCUT2D eigenvalue weighted by molar-refractivity contribution is -0.122. The van der Waals surface area contributed by atoms with Gasteiger partial charge in [-0.25, -0.2) is 0 Å². The predicted molar refractivity (Wildman–Crippen MR) is 64.9 cm³/mol. The highest BCUT2D eigenvalue weighted by Gasteiger charge is 2.12. The van der Waals surface area contributed by atoms with Crippen LogP contribution in [-0.2, 0) is 4.79 Å². The number of amides is 1. The molecule has 0 heterocycles. The number of hydrogen-bond donors (Lipinski definition) is 2. The van der Waals surface area contributed by atoms with Crippen molar-refractivity contribution >= 4 is 5.91 Å². The van der Waals surface area contributed by atoms with Crippen molar-refractivity contribution in [3.05, 3.63) is 0 Å². The van der Waals surface area contributed by atoms with Crippen LogP contribution in [0.2, 0.25) is 0 Å². The molecule has 0 aliphatic rings. The minimum absolute atomic E-state index is 0.112. The average molecular weight is 214 g/mol. The van der Waals surface area contributed by atoms with Gasteiger partial charge < -0.3 is 10.6 Å². The lowest BCUT2D eigenvalue weighted by atomic mass is 10.1. The van der Waals surface area contributed by atoms with Gasteiger partial charge in [-0.15, -0.1) is 0 Å².